The molecule has 0 aromatic rings. The van der Waals surface area contributed by atoms with E-state index in [2.05, 4.69) is 9.39 Å². The molecule has 4 heterocycles. The van der Waals surface area contributed by atoms with Crippen LogP contribution in [0.4, 0.5) is 0 Å². The molecule has 2 atom stereocenters. The molecule has 0 saturated carbocycles. The van der Waals surface area contributed by atoms with E-state index in [-0.39, 0.29) is 0 Å². The molecule has 0 aliphatic carbocycles. The van der Waals surface area contributed by atoms with E-state index < -0.39 is 30.7 Å². The summed E-state index contributed by atoms with van der Waals surface area (Å²) in [6.07, 6.45) is 0. The summed E-state index contributed by atoms with van der Waals surface area (Å²) in [7, 11) is -1.21. The van der Waals surface area contributed by atoms with Crippen LogP contribution in [0, 0.1) is 0 Å². The van der Waals surface area contributed by atoms with Crippen molar-refractivity contribution in [2.24, 2.45) is 0 Å². The molecular formula is C5H7BO8. The van der Waals surface area contributed by atoms with Crippen molar-refractivity contribution in [3.63, 3.8) is 0 Å². The Morgan fingerprint density at radius 1 is 1.00 bits per heavy atom. The molecule has 9 heteroatoms. The lowest BCUT2D eigenvalue weighted by atomic mass is 10.0. The van der Waals surface area contributed by atoms with Crippen molar-refractivity contribution < 1.29 is 39.1 Å². The topological polar surface area (TPSA) is 118 Å². The highest BCUT2D eigenvalue weighted by molar-refractivity contribution is 6.40. The summed E-state index contributed by atoms with van der Waals surface area (Å²) in [6, 6.07) is 0. The number of aliphatic hydroxyl groups is 4. The Labute approximate surface area is 77.7 Å². The largest absolute Gasteiger partial charge is 0.649 e. The molecule has 0 unspecified atom stereocenters. The molecule has 4 saturated heterocycles. The van der Waals surface area contributed by atoms with Crippen LogP contribution in [-0.2, 0) is 18.7 Å². The van der Waals surface area contributed by atoms with Gasteiger partial charge in [-0.3, -0.25) is 4.74 Å². The van der Waals surface area contributed by atoms with Gasteiger partial charge in [0.05, 0.1) is 0 Å². The monoisotopic (exact) mass is 206 g/mol. The van der Waals surface area contributed by atoms with Crippen molar-refractivity contribution in [1.82, 2.24) is 0 Å². The van der Waals surface area contributed by atoms with Crippen molar-refractivity contribution in [3.05, 3.63) is 0 Å². The Morgan fingerprint density at radius 2 is 1.57 bits per heavy atom. The SMILES string of the molecule is C[C@]1(O)OC23OB(O2)O[C@@]3(O)C1(O)O. The Bertz CT molecular complexity index is 309. The van der Waals surface area contributed by atoms with Gasteiger partial charge in [-0.1, -0.05) is 0 Å². The fourth-order valence-corrected chi connectivity index (χ4v) is 1.74. The van der Waals surface area contributed by atoms with Crippen molar-refractivity contribution in [3.8, 4) is 0 Å². The van der Waals surface area contributed by atoms with E-state index in [0.29, 0.717) is 0 Å². The fraction of sp³-hybridized carbons (Fsp3) is 1.00. The molecule has 0 amide bonds. The Kier molecular flexibility index (Phi) is 1.20. The minimum atomic E-state index is -3.05. The molecule has 1 spiro atoms. The predicted octanol–water partition coefficient (Wildman–Crippen LogP) is -3.19. The quantitative estimate of drug-likeness (QED) is 0.242. The molecule has 4 aliphatic rings. The third-order valence-electron chi connectivity index (χ3n) is 2.64. The number of rotatable bonds is 0. The Hall–Kier alpha value is -0.255. The van der Waals surface area contributed by atoms with Crippen molar-refractivity contribution in [2.45, 2.75) is 30.3 Å². The van der Waals surface area contributed by atoms with Crippen molar-refractivity contribution in [2.75, 3.05) is 0 Å². The standard InChI is InChI=1S/C5H7BO8/c1-2(7)3(8,9)4(10)5(11-2)13-6(12-4)14-5/h7-10H,1H3/t2-,4-/m0/s1. The second-order valence-electron chi connectivity index (χ2n) is 3.60. The summed E-state index contributed by atoms with van der Waals surface area (Å²) in [4.78, 5) is 0. The normalized spacial score (nSPS) is 58.5. The van der Waals surface area contributed by atoms with E-state index in [1.807, 2.05) is 0 Å². The molecule has 8 nitrogen and oxygen atoms in total. The molecule has 14 heavy (non-hydrogen) atoms. The minimum Gasteiger partial charge on any atom is -0.361 e. The first kappa shape index (κ1) is 9.01. The maximum Gasteiger partial charge on any atom is 0.649 e. The molecule has 4 rings (SSSR count). The van der Waals surface area contributed by atoms with E-state index in [1.54, 1.807) is 0 Å². The summed E-state index contributed by atoms with van der Waals surface area (Å²) in [5.41, 5.74) is 0. The molecule has 0 aromatic heterocycles. The summed E-state index contributed by atoms with van der Waals surface area (Å²) in [5, 5.41) is 38.2. The molecule has 78 valence electrons. The van der Waals surface area contributed by atoms with Gasteiger partial charge in [0.15, 0.2) is 0 Å². The summed E-state index contributed by atoms with van der Waals surface area (Å²) >= 11 is 0. The summed E-state index contributed by atoms with van der Waals surface area (Å²) in [6.45, 7) is 0.932. The number of ether oxygens (including phenoxy) is 1. The van der Waals surface area contributed by atoms with Gasteiger partial charge in [0.1, 0.15) is 0 Å². The second kappa shape index (κ2) is 1.86. The minimum absolute atomic E-state index is 0.932. The van der Waals surface area contributed by atoms with Crippen LogP contribution in [0.1, 0.15) is 6.92 Å². The van der Waals surface area contributed by atoms with Crippen LogP contribution in [0.25, 0.3) is 0 Å². The van der Waals surface area contributed by atoms with E-state index in [9.17, 15) is 20.4 Å². The van der Waals surface area contributed by atoms with Gasteiger partial charge < -0.3 is 34.4 Å². The van der Waals surface area contributed by atoms with Gasteiger partial charge in [-0.25, -0.2) is 0 Å². The van der Waals surface area contributed by atoms with Gasteiger partial charge in [0.2, 0.25) is 5.79 Å². The zero-order valence-electron chi connectivity index (χ0n) is 7.00. The van der Waals surface area contributed by atoms with Gasteiger partial charge in [-0.2, -0.15) is 0 Å². The first-order valence-corrected chi connectivity index (χ1v) is 3.87. The maximum atomic E-state index is 9.74. The molecule has 4 fully saturated rings. The Morgan fingerprint density at radius 3 is 2.07 bits per heavy atom. The van der Waals surface area contributed by atoms with Crippen LogP contribution in [0.3, 0.4) is 0 Å². The molecule has 0 radical (unpaired) electrons. The Balaban J connectivity index is 2.14. The van der Waals surface area contributed by atoms with Crippen molar-refractivity contribution in [1.29, 1.82) is 0 Å². The zero-order chi connectivity index (χ0) is 10.4. The number of hydrogen-bond acceptors (Lipinski definition) is 8. The average molecular weight is 206 g/mol. The molecule has 4 aliphatic heterocycles. The molecule has 0 aromatic carbocycles. The lowest BCUT2D eigenvalue weighted by molar-refractivity contribution is -0.416. The summed E-state index contributed by atoms with van der Waals surface area (Å²) < 4.78 is 18.8. The number of hydrogen-bond donors (Lipinski definition) is 4. The van der Waals surface area contributed by atoms with Gasteiger partial charge in [-0.05, 0) is 6.92 Å². The van der Waals surface area contributed by atoms with Crippen LogP contribution in [0.15, 0.2) is 0 Å². The molecule has 4 N–H and O–H groups in total. The van der Waals surface area contributed by atoms with Crippen LogP contribution in [0.5, 0.6) is 0 Å². The van der Waals surface area contributed by atoms with E-state index >= 15 is 0 Å². The zero-order valence-corrected chi connectivity index (χ0v) is 7.00. The smallest absolute Gasteiger partial charge is 0.361 e. The predicted molar refractivity (Wildman–Crippen MR) is 35.6 cm³/mol. The van der Waals surface area contributed by atoms with Crippen molar-refractivity contribution >= 4 is 7.32 Å². The van der Waals surface area contributed by atoms with E-state index in [0.717, 1.165) is 6.92 Å². The van der Waals surface area contributed by atoms with Gasteiger partial charge >= 0.3 is 13.3 Å². The van der Waals surface area contributed by atoms with Crippen LogP contribution < -0.4 is 0 Å². The van der Waals surface area contributed by atoms with Crippen LogP contribution >= 0.6 is 0 Å². The first-order valence-electron chi connectivity index (χ1n) is 3.87. The highest BCUT2D eigenvalue weighted by atomic mass is 17.1. The lowest BCUT2D eigenvalue weighted by Crippen LogP contribution is -2.64. The second-order valence-corrected chi connectivity index (χ2v) is 3.60. The third kappa shape index (κ3) is 0.595. The van der Waals surface area contributed by atoms with Gasteiger partial charge in [0, 0.05) is 0 Å². The molecular weight excluding hydrogens is 199 g/mol. The highest BCUT2D eigenvalue weighted by Gasteiger charge is 2.92. The van der Waals surface area contributed by atoms with E-state index in [4.69, 9.17) is 9.31 Å². The van der Waals surface area contributed by atoms with Crippen LogP contribution in [-0.4, -0.2) is 51.1 Å². The maximum absolute atomic E-state index is 9.74. The highest BCUT2D eigenvalue weighted by Crippen LogP contribution is 2.61. The first-order chi connectivity index (χ1) is 6.24. The average Bonchev–Trinajstić information content (AvgIpc) is 2.39. The molecule has 2 bridgehead atoms. The van der Waals surface area contributed by atoms with Gasteiger partial charge in [-0.15, -0.1) is 0 Å². The summed E-state index contributed by atoms with van der Waals surface area (Å²) in [5.74, 6) is -10.3. The lowest BCUT2D eigenvalue weighted by Gasteiger charge is -2.34. The van der Waals surface area contributed by atoms with Crippen LogP contribution in [0.2, 0.25) is 0 Å². The van der Waals surface area contributed by atoms with E-state index in [1.165, 1.54) is 0 Å². The third-order valence-corrected chi connectivity index (χ3v) is 2.64. The van der Waals surface area contributed by atoms with Gasteiger partial charge in [0.25, 0.3) is 11.6 Å². The fourth-order valence-electron chi connectivity index (χ4n) is 1.74.